The molecule has 1 N–H and O–H groups in total. The largest absolute Gasteiger partial charge is 0.497 e. The van der Waals surface area contributed by atoms with Crippen LogP contribution in [0.15, 0.2) is 61.2 Å². The summed E-state index contributed by atoms with van der Waals surface area (Å²) in [4.78, 5) is 16.5. The van der Waals surface area contributed by atoms with Crippen molar-refractivity contribution in [2.75, 3.05) is 42.1 Å². The van der Waals surface area contributed by atoms with E-state index in [1.807, 2.05) is 24.3 Å². The third-order valence-corrected chi connectivity index (χ3v) is 6.58. The zero-order chi connectivity index (χ0) is 23.0. The Morgan fingerprint density at radius 3 is 2.34 bits per heavy atom. The lowest BCUT2D eigenvalue weighted by atomic mass is 10.1. The van der Waals surface area contributed by atoms with E-state index in [0.717, 1.165) is 24.3 Å². The van der Waals surface area contributed by atoms with E-state index in [2.05, 4.69) is 16.2 Å². The number of sulfonamides is 1. The Morgan fingerprint density at radius 2 is 1.75 bits per heavy atom. The Balaban J connectivity index is 1.61. The first-order chi connectivity index (χ1) is 15.4. The minimum atomic E-state index is -3.85. The second-order valence-electron chi connectivity index (χ2n) is 7.87. The standard InChI is InChI=1S/C24H31N3O4S/c1-3-15-27(18-20-7-13-23(31-2)14-8-20)24(28)19-32(29,30)25-21-9-11-22(12-10-21)26-16-5-4-6-17-26/h3,7-14,25H,1,4-6,15-19H2,2H3. The van der Waals surface area contributed by atoms with Gasteiger partial charge in [0.2, 0.25) is 15.9 Å². The third-order valence-electron chi connectivity index (χ3n) is 5.41. The topological polar surface area (TPSA) is 78.9 Å². The fraction of sp³-hybridized carbons (Fsp3) is 0.375. The minimum absolute atomic E-state index is 0.255. The van der Waals surface area contributed by atoms with Crippen molar-refractivity contribution >= 4 is 27.3 Å². The third kappa shape index (κ3) is 6.75. The molecular formula is C24H31N3O4S. The number of amides is 1. The lowest BCUT2D eigenvalue weighted by Gasteiger charge is -2.28. The number of hydrogen-bond acceptors (Lipinski definition) is 5. The monoisotopic (exact) mass is 457 g/mol. The Morgan fingerprint density at radius 1 is 1.09 bits per heavy atom. The lowest BCUT2D eigenvalue weighted by Crippen LogP contribution is -2.37. The molecule has 1 amide bonds. The van der Waals surface area contributed by atoms with E-state index in [1.54, 1.807) is 37.5 Å². The highest BCUT2D eigenvalue weighted by atomic mass is 32.2. The first-order valence-electron chi connectivity index (χ1n) is 10.8. The van der Waals surface area contributed by atoms with Crippen molar-refractivity contribution in [2.24, 2.45) is 0 Å². The molecule has 0 saturated carbocycles. The molecule has 1 fully saturated rings. The lowest BCUT2D eigenvalue weighted by molar-refractivity contribution is -0.128. The van der Waals surface area contributed by atoms with E-state index in [9.17, 15) is 13.2 Å². The van der Waals surface area contributed by atoms with Crippen LogP contribution < -0.4 is 14.4 Å². The number of carbonyl (C=O) groups excluding carboxylic acids is 1. The maximum absolute atomic E-state index is 12.8. The number of benzene rings is 2. The highest BCUT2D eigenvalue weighted by Crippen LogP contribution is 2.22. The van der Waals surface area contributed by atoms with E-state index < -0.39 is 21.7 Å². The van der Waals surface area contributed by atoms with Crippen molar-refractivity contribution in [1.29, 1.82) is 0 Å². The van der Waals surface area contributed by atoms with E-state index in [-0.39, 0.29) is 13.1 Å². The predicted octanol–water partition coefficient (Wildman–Crippen LogP) is 3.64. The molecule has 0 unspecified atom stereocenters. The number of nitrogens with one attached hydrogen (secondary N) is 1. The summed E-state index contributed by atoms with van der Waals surface area (Å²) in [6.07, 6.45) is 5.19. The number of nitrogens with zero attached hydrogens (tertiary/aromatic N) is 2. The summed E-state index contributed by atoms with van der Waals surface area (Å²) in [6, 6.07) is 14.6. The van der Waals surface area contributed by atoms with Gasteiger partial charge in [0.1, 0.15) is 11.5 Å². The molecule has 32 heavy (non-hydrogen) atoms. The number of piperidine rings is 1. The zero-order valence-electron chi connectivity index (χ0n) is 18.5. The summed E-state index contributed by atoms with van der Waals surface area (Å²) in [5, 5.41) is 0. The molecule has 0 radical (unpaired) electrons. The van der Waals surface area contributed by atoms with Gasteiger partial charge in [-0.25, -0.2) is 8.42 Å². The van der Waals surface area contributed by atoms with Crippen LogP contribution in [0.1, 0.15) is 24.8 Å². The van der Waals surface area contributed by atoms with Gasteiger partial charge in [0, 0.05) is 37.6 Å². The average molecular weight is 458 g/mol. The summed E-state index contributed by atoms with van der Waals surface area (Å²) in [7, 11) is -2.26. The molecule has 7 nitrogen and oxygen atoms in total. The first kappa shape index (κ1) is 23.7. The molecule has 1 heterocycles. The Bertz CT molecular complexity index is 999. The molecule has 1 saturated heterocycles. The molecule has 1 aliphatic rings. The Hall–Kier alpha value is -3.00. The van der Waals surface area contributed by atoms with Gasteiger partial charge < -0.3 is 14.5 Å². The van der Waals surface area contributed by atoms with Gasteiger partial charge in [-0.3, -0.25) is 9.52 Å². The fourth-order valence-electron chi connectivity index (χ4n) is 3.72. The Labute approximate surface area is 190 Å². The smallest absolute Gasteiger partial charge is 0.241 e. The van der Waals surface area contributed by atoms with E-state index in [4.69, 9.17) is 4.74 Å². The van der Waals surface area contributed by atoms with E-state index >= 15 is 0 Å². The number of rotatable bonds is 10. The summed E-state index contributed by atoms with van der Waals surface area (Å²) in [5.74, 6) is -0.406. The second kappa shape index (κ2) is 11.0. The van der Waals surface area contributed by atoms with Gasteiger partial charge in [0.15, 0.2) is 0 Å². The molecule has 2 aromatic rings. The van der Waals surface area contributed by atoms with Crippen LogP contribution in [0.4, 0.5) is 11.4 Å². The van der Waals surface area contributed by atoms with Crippen molar-refractivity contribution < 1.29 is 17.9 Å². The van der Waals surface area contributed by atoms with Gasteiger partial charge in [-0.2, -0.15) is 0 Å². The quantitative estimate of drug-likeness (QED) is 0.551. The molecule has 8 heteroatoms. The van der Waals surface area contributed by atoms with Crippen LogP contribution in [0.3, 0.4) is 0 Å². The second-order valence-corrected chi connectivity index (χ2v) is 9.59. The minimum Gasteiger partial charge on any atom is -0.497 e. The molecule has 3 rings (SSSR count). The van der Waals surface area contributed by atoms with Crippen LogP contribution in [-0.4, -0.2) is 51.7 Å². The van der Waals surface area contributed by atoms with Gasteiger partial charge in [0.05, 0.1) is 7.11 Å². The summed E-state index contributed by atoms with van der Waals surface area (Å²) >= 11 is 0. The molecule has 1 aliphatic heterocycles. The van der Waals surface area contributed by atoms with Gasteiger partial charge in [0.25, 0.3) is 0 Å². The molecule has 0 spiro atoms. The normalized spacial score (nSPS) is 14.0. The van der Waals surface area contributed by atoms with Crippen LogP contribution in [0.5, 0.6) is 5.75 Å². The van der Waals surface area contributed by atoms with Crippen molar-refractivity contribution in [2.45, 2.75) is 25.8 Å². The summed E-state index contributed by atoms with van der Waals surface area (Å²) in [5.41, 5.74) is 2.41. The summed E-state index contributed by atoms with van der Waals surface area (Å²) < 4.78 is 32.9. The van der Waals surface area contributed by atoms with Crippen molar-refractivity contribution in [3.05, 3.63) is 66.7 Å². The molecule has 0 bridgehead atoms. The number of carbonyl (C=O) groups is 1. The number of anilines is 2. The number of methoxy groups -OCH3 is 1. The van der Waals surface area contributed by atoms with Gasteiger partial charge >= 0.3 is 0 Å². The van der Waals surface area contributed by atoms with Crippen molar-refractivity contribution in [3.63, 3.8) is 0 Å². The Kier molecular flexibility index (Phi) is 8.16. The van der Waals surface area contributed by atoms with Crippen LogP contribution in [0.2, 0.25) is 0 Å². The SMILES string of the molecule is C=CCN(Cc1ccc(OC)cc1)C(=O)CS(=O)(=O)Nc1ccc(N2CCCCC2)cc1. The molecule has 172 valence electrons. The molecule has 2 aromatic carbocycles. The zero-order valence-corrected chi connectivity index (χ0v) is 19.3. The maximum Gasteiger partial charge on any atom is 0.241 e. The van der Waals surface area contributed by atoms with Gasteiger partial charge in [-0.15, -0.1) is 6.58 Å². The van der Waals surface area contributed by atoms with Gasteiger partial charge in [-0.1, -0.05) is 18.2 Å². The highest BCUT2D eigenvalue weighted by molar-refractivity contribution is 7.93. The highest BCUT2D eigenvalue weighted by Gasteiger charge is 2.22. The van der Waals surface area contributed by atoms with Crippen LogP contribution in [-0.2, 0) is 21.4 Å². The molecule has 0 aromatic heterocycles. The maximum atomic E-state index is 12.8. The van der Waals surface area contributed by atoms with Crippen LogP contribution in [0, 0.1) is 0 Å². The fourth-order valence-corrected chi connectivity index (χ4v) is 4.80. The van der Waals surface area contributed by atoms with E-state index in [1.165, 1.54) is 24.2 Å². The predicted molar refractivity (Wildman–Crippen MR) is 129 cm³/mol. The number of ether oxygens (including phenoxy) is 1. The van der Waals surface area contributed by atoms with Crippen molar-refractivity contribution in [3.8, 4) is 5.75 Å². The van der Waals surface area contributed by atoms with Crippen LogP contribution >= 0.6 is 0 Å². The van der Waals surface area contributed by atoms with Crippen molar-refractivity contribution in [1.82, 2.24) is 4.90 Å². The van der Waals surface area contributed by atoms with Gasteiger partial charge in [-0.05, 0) is 61.2 Å². The molecule has 0 aliphatic carbocycles. The van der Waals surface area contributed by atoms with Crippen LogP contribution in [0.25, 0.3) is 0 Å². The summed E-state index contributed by atoms with van der Waals surface area (Å²) in [6.45, 7) is 6.26. The average Bonchev–Trinajstić information content (AvgIpc) is 2.79. The number of hydrogen-bond donors (Lipinski definition) is 1. The molecular weight excluding hydrogens is 426 g/mol. The molecule has 0 atom stereocenters. The van der Waals surface area contributed by atoms with E-state index in [0.29, 0.717) is 11.4 Å². The first-order valence-corrected chi connectivity index (χ1v) is 12.4.